The van der Waals surface area contributed by atoms with Gasteiger partial charge in [0.15, 0.2) is 11.6 Å². The Balaban J connectivity index is 2.38. The van der Waals surface area contributed by atoms with E-state index in [9.17, 15) is 4.39 Å². The molecular formula is C11H9BrFN3. The zero-order valence-corrected chi connectivity index (χ0v) is 10.1. The SMILES string of the molecule is CN(c1cccnc1)c1ncc(Br)cc1F. The summed E-state index contributed by atoms with van der Waals surface area (Å²) in [5.41, 5.74) is 0.788. The molecule has 2 aromatic rings. The van der Waals surface area contributed by atoms with Gasteiger partial charge in [-0.2, -0.15) is 0 Å². The van der Waals surface area contributed by atoms with E-state index in [-0.39, 0.29) is 11.6 Å². The van der Waals surface area contributed by atoms with E-state index < -0.39 is 0 Å². The summed E-state index contributed by atoms with van der Waals surface area (Å²) in [6.07, 6.45) is 4.89. The van der Waals surface area contributed by atoms with Crippen molar-refractivity contribution in [1.82, 2.24) is 9.97 Å². The van der Waals surface area contributed by atoms with Crippen LogP contribution in [0.1, 0.15) is 0 Å². The average molecular weight is 282 g/mol. The predicted molar refractivity (Wildman–Crippen MR) is 64.2 cm³/mol. The number of rotatable bonds is 2. The second-order valence-corrected chi connectivity index (χ2v) is 4.14. The Bertz CT molecular complexity index is 490. The zero-order valence-electron chi connectivity index (χ0n) is 8.56. The van der Waals surface area contributed by atoms with Gasteiger partial charge < -0.3 is 4.90 Å². The second kappa shape index (κ2) is 4.57. The predicted octanol–water partition coefficient (Wildman–Crippen LogP) is 3.15. The number of anilines is 2. The normalized spacial score (nSPS) is 10.2. The van der Waals surface area contributed by atoms with Crippen molar-refractivity contribution in [3.05, 3.63) is 47.1 Å². The van der Waals surface area contributed by atoms with Crippen molar-refractivity contribution >= 4 is 27.4 Å². The van der Waals surface area contributed by atoms with E-state index in [1.165, 1.54) is 6.07 Å². The molecule has 0 aliphatic heterocycles. The van der Waals surface area contributed by atoms with Crippen LogP contribution in [0.4, 0.5) is 15.9 Å². The van der Waals surface area contributed by atoms with Crippen LogP contribution in [0.3, 0.4) is 0 Å². The third-order valence-corrected chi connectivity index (χ3v) is 2.57. The number of pyridine rings is 2. The minimum Gasteiger partial charge on any atom is -0.326 e. The van der Waals surface area contributed by atoms with Gasteiger partial charge in [-0.25, -0.2) is 9.37 Å². The smallest absolute Gasteiger partial charge is 0.169 e. The lowest BCUT2D eigenvalue weighted by molar-refractivity contribution is 0.620. The molecule has 0 bridgehead atoms. The van der Waals surface area contributed by atoms with Gasteiger partial charge in [0.25, 0.3) is 0 Å². The maximum Gasteiger partial charge on any atom is 0.169 e. The van der Waals surface area contributed by atoms with Gasteiger partial charge in [0.2, 0.25) is 0 Å². The summed E-state index contributed by atoms with van der Waals surface area (Å²) in [4.78, 5) is 9.66. The summed E-state index contributed by atoms with van der Waals surface area (Å²) < 4.78 is 14.3. The maximum atomic E-state index is 13.6. The lowest BCUT2D eigenvalue weighted by atomic mass is 10.3. The molecule has 0 N–H and O–H groups in total. The van der Waals surface area contributed by atoms with Crippen LogP contribution in [-0.4, -0.2) is 17.0 Å². The third kappa shape index (κ3) is 2.19. The van der Waals surface area contributed by atoms with Gasteiger partial charge in [-0.05, 0) is 34.1 Å². The van der Waals surface area contributed by atoms with Crippen molar-refractivity contribution in [1.29, 1.82) is 0 Å². The van der Waals surface area contributed by atoms with Gasteiger partial charge in [0.05, 0.1) is 11.9 Å². The molecule has 0 saturated heterocycles. The summed E-state index contributed by atoms with van der Waals surface area (Å²) in [5.74, 6) is -0.100. The first-order chi connectivity index (χ1) is 7.68. The van der Waals surface area contributed by atoms with E-state index in [1.54, 1.807) is 36.6 Å². The van der Waals surface area contributed by atoms with Crippen molar-refractivity contribution in [3.63, 3.8) is 0 Å². The molecule has 2 aromatic heterocycles. The third-order valence-electron chi connectivity index (χ3n) is 2.14. The molecule has 0 aromatic carbocycles. The molecule has 82 valence electrons. The van der Waals surface area contributed by atoms with Gasteiger partial charge >= 0.3 is 0 Å². The van der Waals surface area contributed by atoms with Gasteiger partial charge in [-0.15, -0.1) is 0 Å². The van der Waals surface area contributed by atoms with Crippen molar-refractivity contribution in [2.24, 2.45) is 0 Å². The van der Waals surface area contributed by atoms with Crippen LogP contribution in [0.15, 0.2) is 41.3 Å². The molecule has 0 aliphatic rings. The fourth-order valence-corrected chi connectivity index (χ4v) is 1.63. The minimum absolute atomic E-state index is 0.274. The topological polar surface area (TPSA) is 29.0 Å². The lowest BCUT2D eigenvalue weighted by Crippen LogP contribution is -2.13. The molecule has 16 heavy (non-hydrogen) atoms. The number of nitrogens with zero attached hydrogens (tertiary/aromatic N) is 3. The van der Waals surface area contributed by atoms with Crippen LogP contribution in [0, 0.1) is 5.82 Å². The molecule has 0 fully saturated rings. The van der Waals surface area contributed by atoms with Crippen LogP contribution in [-0.2, 0) is 0 Å². The zero-order chi connectivity index (χ0) is 11.5. The fourth-order valence-electron chi connectivity index (χ4n) is 1.33. The monoisotopic (exact) mass is 281 g/mol. The average Bonchev–Trinajstić information content (AvgIpc) is 2.29. The molecule has 3 nitrogen and oxygen atoms in total. The first-order valence-corrected chi connectivity index (χ1v) is 5.42. The van der Waals surface area contributed by atoms with Crippen LogP contribution in [0.2, 0.25) is 0 Å². The van der Waals surface area contributed by atoms with Gasteiger partial charge in [0.1, 0.15) is 0 Å². The highest BCUT2D eigenvalue weighted by Gasteiger charge is 2.11. The van der Waals surface area contributed by atoms with Gasteiger partial charge in [-0.3, -0.25) is 4.98 Å². The molecule has 0 aliphatic carbocycles. The molecule has 0 saturated carbocycles. The molecule has 0 atom stereocenters. The number of halogens is 2. The molecule has 2 heterocycles. The van der Waals surface area contributed by atoms with E-state index in [0.717, 1.165) is 5.69 Å². The van der Waals surface area contributed by atoms with Crippen molar-refractivity contribution < 1.29 is 4.39 Å². The molecule has 0 amide bonds. The number of hydrogen-bond acceptors (Lipinski definition) is 3. The van der Waals surface area contributed by atoms with E-state index in [0.29, 0.717) is 4.47 Å². The second-order valence-electron chi connectivity index (χ2n) is 3.23. The van der Waals surface area contributed by atoms with E-state index in [2.05, 4.69) is 25.9 Å². The van der Waals surface area contributed by atoms with E-state index >= 15 is 0 Å². The van der Waals surface area contributed by atoms with Crippen LogP contribution in [0.5, 0.6) is 0 Å². The first kappa shape index (κ1) is 11.0. The number of aromatic nitrogens is 2. The molecular weight excluding hydrogens is 273 g/mol. The quantitative estimate of drug-likeness (QED) is 0.847. The van der Waals surface area contributed by atoms with Gasteiger partial charge in [0, 0.05) is 23.9 Å². The Labute approximate surface area is 101 Å². The summed E-state index contributed by atoms with van der Waals surface area (Å²) in [7, 11) is 1.75. The standard InChI is InChI=1S/C11H9BrFN3/c1-16(9-3-2-4-14-7-9)11-10(13)5-8(12)6-15-11/h2-7H,1H3. The summed E-state index contributed by atoms with van der Waals surface area (Å²) in [5, 5.41) is 0. The van der Waals surface area contributed by atoms with Crippen LogP contribution < -0.4 is 4.90 Å². The Morgan fingerprint density at radius 3 is 2.81 bits per heavy atom. The van der Waals surface area contributed by atoms with Gasteiger partial charge in [-0.1, -0.05) is 0 Å². The molecule has 0 unspecified atom stereocenters. The van der Waals surface area contributed by atoms with Crippen molar-refractivity contribution in [2.75, 3.05) is 11.9 Å². The van der Waals surface area contributed by atoms with E-state index in [4.69, 9.17) is 0 Å². The van der Waals surface area contributed by atoms with E-state index in [1.807, 2.05) is 6.07 Å². The summed E-state index contributed by atoms with van der Waals surface area (Å²) >= 11 is 3.17. The van der Waals surface area contributed by atoms with Crippen molar-refractivity contribution in [3.8, 4) is 0 Å². The molecule has 0 spiro atoms. The first-order valence-electron chi connectivity index (χ1n) is 4.63. The molecule has 5 heteroatoms. The molecule has 0 radical (unpaired) electrons. The largest absolute Gasteiger partial charge is 0.326 e. The Hall–Kier alpha value is -1.49. The van der Waals surface area contributed by atoms with Crippen LogP contribution in [0.25, 0.3) is 0 Å². The van der Waals surface area contributed by atoms with Crippen molar-refractivity contribution in [2.45, 2.75) is 0 Å². The number of hydrogen-bond donors (Lipinski definition) is 0. The molecule has 2 rings (SSSR count). The highest BCUT2D eigenvalue weighted by molar-refractivity contribution is 9.10. The maximum absolute atomic E-state index is 13.6. The fraction of sp³-hybridized carbons (Fsp3) is 0.0909. The summed E-state index contributed by atoms with van der Waals surface area (Å²) in [6, 6.07) is 5.02. The highest BCUT2D eigenvalue weighted by atomic mass is 79.9. The summed E-state index contributed by atoms with van der Waals surface area (Å²) in [6.45, 7) is 0. The highest BCUT2D eigenvalue weighted by Crippen LogP contribution is 2.24. The Kier molecular flexibility index (Phi) is 3.14. The minimum atomic E-state index is -0.374. The lowest BCUT2D eigenvalue weighted by Gasteiger charge is -2.18. The Morgan fingerprint density at radius 1 is 1.38 bits per heavy atom. The Morgan fingerprint density at radius 2 is 2.19 bits per heavy atom. The van der Waals surface area contributed by atoms with Crippen LogP contribution >= 0.6 is 15.9 Å².